The number of hydrogen-bond donors (Lipinski definition) is 0. The predicted octanol–water partition coefficient (Wildman–Crippen LogP) is 3.63. The van der Waals surface area contributed by atoms with E-state index in [-0.39, 0.29) is 25.3 Å². The molecular formula is C22H20N4O3S. The molecule has 7 nitrogen and oxygen atoms in total. The van der Waals surface area contributed by atoms with E-state index in [2.05, 4.69) is 9.97 Å². The van der Waals surface area contributed by atoms with Gasteiger partial charge >= 0.3 is 5.97 Å². The summed E-state index contributed by atoms with van der Waals surface area (Å²) in [5.74, 6) is -0.917. The summed E-state index contributed by atoms with van der Waals surface area (Å²) >= 11 is 1.39. The van der Waals surface area contributed by atoms with E-state index in [1.165, 1.54) is 23.2 Å². The Bertz CT molecular complexity index is 1030. The predicted molar refractivity (Wildman–Crippen MR) is 114 cm³/mol. The van der Waals surface area contributed by atoms with Crippen LogP contribution in [0.5, 0.6) is 0 Å². The number of carbonyl (C=O) groups is 2. The SMILES string of the molecule is CC(OC(=O)Cc1csc(-c2ccccn2)n1)C(=O)N(CCC#N)c1ccccc1. The highest BCUT2D eigenvalue weighted by Crippen LogP contribution is 2.22. The van der Waals surface area contributed by atoms with E-state index in [1.807, 2.05) is 30.3 Å². The van der Waals surface area contributed by atoms with Crippen LogP contribution in [-0.2, 0) is 20.7 Å². The maximum Gasteiger partial charge on any atom is 0.312 e. The Balaban J connectivity index is 1.62. The number of carbonyl (C=O) groups excluding carboxylic acids is 2. The molecule has 0 radical (unpaired) electrons. The first-order valence-corrected chi connectivity index (χ1v) is 10.2. The van der Waals surface area contributed by atoms with E-state index < -0.39 is 12.1 Å². The minimum absolute atomic E-state index is 0.0372. The molecule has 0 saturated heterocycles. The lowest BCUT2D eigenvalue weighted by Crippen LogP contribution is -2.40. The zero-order valence-electron chi connectivity index (χ0n) is 16.4. The minimum Gasteiger partial charge on any atom is -0.452 e. The van der Waals surface area contributed by atoms with Crippen LogP contribution in [0.3, 0.4) is 0 Å². The Labute approximate surface area is 178 Å². The van der Waals surface area contributed by atoms with Crippen LogP contribution >= 0.6 is 11.3 Å². The van der Waals surface area contributed by atoms with Crippen molar-refractivity contribution < 1.29 is 14.3 Å². The number of benzene rings is 1. The number of thiazole rings is 1. The topological polar surface area (TPSA) is 96.2 Å². The van der Waals surface area contributed by atoms with Gasteiger partial charge in [-0.2, -0.15) is 5.26 Å². The molecule has 0 bridgehead atoms. The number of nitriles is 1. The highest BCUT2D eigenvalue weighted by atomic mass is 32.1. The van der Waals surface area contributed by atoms with Crippen molar-refractivity contribution in [1.82, 2.24) is 9.97 Å². The fourth-order valence-electron chi connectivity index (χ4n) is 2.79. The van der Waals surface area contributed by atoms with Crippen LogP contribution in [0.4, 0.5) is 5.69 Å². The summed E-state index contributed by atoms with van der Waals surface area (Å²) in [4.78, 5) is 35.3. The third-order valence-corrected chi connectivity index (χ3v) is 5.11. The fourth-order valence-corrected chi connectivity index (χ4v) is 3.58. The zero-order valence-corrected chi connectivity index (χ0v) is 17.2. The molecule has 2 heterocycles. The summed E-state index contributed by atoms with van der Waals surface area (Å²) in [7, 11) is 0. The van der Waals surface area contributed by atoms with Gasteiger partial charge < -0.3 is 9.64 Å². The van der Waals surface area contributed by atoms with E-state index in [1.54, 1.807) is 35.8 Å². The smallest absolute Gasteiger partial charge is 0.312 e. The molecule has 1 atom stereocenters. The molecule has 3 rings (SSSR count). The average molecular weight is 420 g/mol. The number of amides is 1. The van der Waals surface area contributed by atoms with E-state index in [0.717, 1.165) is 5.69 Å². The Morgan fingerprint density at radius 2 is 1.97 bits per heavy atom. The standard InChI is InChI=1S/C22H20N4O3S/c1-16(22(28)26(13-7-11-23)18-8-3-2-4-9-18)29-20(27)14-17-15-30-21(25-17)19-10-5-6-12-24-19/h2-6,8-10,12,15-16H,7,13-14H2,1H3. The van der Waals surface area contributed by atoms with Gasteiger partial charge in [-0.15, -0.1) is 11.3 Å². The van der Waals surface area contributed by atoms with Crippen molar-refractivity contribution in [1.29, 1.82) is 5.26 Å². The quantitative estimate of drug-likeness (QED) is 0.516. The first-order valence-electron chi connectivity index (χ1n) is 9.37. The molecule has 8 heteroatoms. The lowest BCUT2D eigenvalue weighted by Gasteiger charge is -2.25. The number of nitrogens with zero attached hydrogens (tertiary/aromatic N) is 4. The first kappa shape index (κ1) is 21.1. The summed E-state index contributed by atoms with van der Waals surface area (Å²) in [5.41, 5.74) is 1.96. The van der Waals surface area contributed by atoms with Crippen molar-refractivity contribution in [2.24, 2.45) is 0 Å². The largest absolute Gasteiger partial charge is 0.452 e. The maximum absolute atomic E-state index is 12.8. The highest BCUT2D eigenvalue weighted by Gasteiger charge is 2.25. The van der Waals surface area contributed by atoms with E-state index in [4.69, 9.17) is 10.00 Å². The van der Waals surface area contributed by atoms with Gasteiger partial charge in [-0.05, 0) is 31.2 Å². The maximum atomic E-state index is 12.8. The molecule has 0 saturated carbocycles. The van der Waals surface area contributed by atoms with Crippen molar-refractivity contribution in [3.63, 3.8) is 0 Å². The summed E-state index contributed by atoms with van der Waals surface area (Å²) in [6.45, 7) is 1.75. The number of anilines is 1. The zero-order chi connectivity index (χ0) is 21.3. The molecule has 1 aromatic carbocycles. The fraction of sp³-hybridized carbons (Fsp3) is 0.227. The Hall–Kier alpha value is -3.57. The molecule has 152 valence electrons. The molecular weight excluding hydrogens is 400 g/mol. The van der Waals surface area contributed by atoms with Crippen LogP contribution in [0.15, 0.2) is 60.1 Å². The van der Waals surface area contributed by atoms with Crippen molar-refractivity contribution in [3.8, 4) is 16.8 Å². The number of ether oxygens (including phenoxy) is 1. The second-order valence-corrected chi connectivity index (χ2v) is 7.26. The van der Waals surface area contributed by atoms with Crippen LogP contribution in [0.1, 0.15) is 19.0 Å². The van der Waals surface area contributed by atoms with Crippen molar-refractivity contribution >= 4 is 28.9 Å². The van der Waals surface area contributed by atoms with Gasteiger partial charge in [-0.1, -0.05) is 24.3 Å². The van der Waals surface area contributed by atoms with E-state index in [0.29, 0.717) is 16.4 Å². The molecule has 3 aromatic rings. The third-order valence-electron chi connectivity index (χ3n) is 4.20. The lowest BCUT2D eigenvalue weighted by atomic mass is 10.2. The molecule has 30 heavy (non-hydrogen) atoms. The number of para-hydroxylation sites is 1. The molecule has 2 aromatic heterocycles. The molecule has 0 aliphatic heterocycles. The van der Waals surface area contributed by atoms with E-state index >= 15 is 0 Å². The molecule has 0 spiro atoms. The first-order chi connectivity index (χ1) is 14.6. The minimum atomic E-state index is -0.981. The highest BCUT2D eigenvalue weighted by molar-refractivity contribution is 7.13. The number of aromatic nitrogens is 2. The van der Waals surface area contributed by atoms with Gasteiger partial charge in [0.2, 0.25) is 0 Å². The van der Waals surface area contributed by atoms with Crippen molar-refractivity contribution in [2.75, 3.05) is 11.4 Å². The average Bonchev–Trinajstić information content (AvgIpc) is 3.23. The van der Waals surface area contributed by atoms with Crippen LogP contribution in [-0.4, -0.2) is 34.5 Å². The van der Waals surface area contributed by atoms with Crippen LogP contribution < -0.4 is 4.90 Å². The van der Waals surface area contributed by atoms with Gasteiger partial charge in [0, 0.05) is 23.8 Å². The summed E-state index contributed by atoms with van der Waals surface area (Å²) in [5, 5.41) is 11.4. The van der Waals surface area contributed by atoms with Gasteiger partial charge in [0.15, 0.2) is 6.10 Å². The summed E-state index contributed by atoms with van der Waals surface area (Å²) < 4.78 is 5.35. The number of hydrogen-bond acceptors (Lipinski definition) is 7. The van der Waals surface area contributed by atoms with Crippen molar-refractivity contribution in [3.05, 3.63) is 65.8 Å². The van der Waals surface area contributed by atoms with Gasteiger partial charge in [0.25, 0.3) is 5.91 Å². The Morgan fingerprint density at radius 3 is 2.67 bits per heavy atom. The van der Waals surface area contributed by atoms with Gasteiger partial charge in [-0.3, -0.25) is 14.6 Å². The molecule has 0 aliphatic rings. The molecule has 1 unspecified atom stereocenters. The normalized spacial score (nSPS) is 11.3. The summed E-state index contributed by atoms with van der Waals surface area (Å²) in [6.07, 6.45) is 0.842. The monoisotopic (exact) mass is 420 g/mol. The second kappa shape index (κ2) is 10.3. The second-order valence-electron chi connectivity index (χ2n) is 6.40. The summed E-state index contributed by atoms with van der Waals surface area (Å²) in [6, 6.07) is 16.6. The third kappa shape index (κ3) is 5.49. The van der Waals surface area contributed by atoms with Crippen LogP contribution in [0.2, 0.25) is 0 Å². The van der Waals surface area contributed by atoms with Crippen LogP contribution in [0, 0.1) is 11.3 Å². The lowest BCUT2D eigenvalue weighted by molar-refractivity contribution is -0.153. The number of rotatable bonds is 8. The Kier molecular flexibility index (Phi) is 7.24. The Morgan fingerprint density at radius 1 is 1.20 bits per heavy atom. The molecule has 0 fully saturated rings. The van der Waals surface area contributed by atoms with Gasteiger partial charge in [0.1, 0.15) is 5.01 Å². The van der Waals surface area contributed by atoms with E-state index in [9.17, 15) is 9.59 Å². The number of pyridine rings is 1. The molecule has 0 N–H and O–H groups in total. The molecule has 0 aliphatic carbocycles. The number of esters is 1. The van der Waals surface area contributed by atoms with Gasteiger partial charge in [0.05, 0.1) is 30.3 Å². The molecule has 1 amide bonds. The van der Waals surface area contributed by atoms with Crippen LogP contribution in [0.25, 0.3) is 10.7 Å². The van der Waals surface area contributed by atoms with Gasteiger partial charge in [-0.25, -0.2) is 4.98 Å². The van der Waals surface area contributed by atoms with Crippen molar-refractivity contribution in [2.45, 2.75) is 25.9 Å².